The highest BCUT2D eigenvalue weighted by Crippen LogP contribution is 2.29. The smallest absolute Gasteiger partial charge is 0.0672 e. The van der Waals surface area contributed by atoms with Crippen molar-refractivity contribution >= 4 is 51.9 Å². The Kier molecular flexibility index (Phi) is 5.79. The van der Waals surface area contributed by atoms with E-state index >= 15 is 0 Å². The molecule has 2 N–H and O–H groups in total. The highest BCUT2D eigenvalue weighted by atomic mass is 35.5. The molecule has 2 rings (SSSR count). The van der Waals surface area contributed by atoms with E-state index in [9.17, 15) is 0 Å². The summed E-state index contributed by atoms with van der Waals surface area (Å²) < 4.78 is 0. The first-order chi connectivity index (χ1) is 10.8. The Morgan fingerprint density at radius 1 is 1.04 bits per heavy atom. The van der Waals surface area contributed by atoms with Gasteiger partial charge in [0, 0.05) is 22.3 Å². The normalized spacial score (nSPS) is 11.9. The molecule has 23 heavy (non-hydrogen) atoms. The van der Waals surface area contributed by atoms with Crippen LogP contribution in [0.4, 0.5) is 11.4 Å². The minimum Gasteiger partial charge on any atom is -0.398 e. The molecule has 0 amide bonds. The van der Waals surface area contributed by atoms with Crippen LogP contribution in [0.15, 0.2) is 41.5 Å². The standard InChI is InChI=1S/C17H18Cl3N3/c1-10(2)23(13-5-6-15(19)16(20)9-13)22-11(3)14-8-12(18)4-7-17(14)21/h4-10H,21H2,1-3H3/b22-11+. The van der Waals surface area contributed by atoms with Crippen LogP contribution in [-0.2, 0) is 0 Å². The van der Waals surface area contributed by atoms with Gasteiger partial charge in [0.25, 0.3) is 0 Å². The summed E-state index contributed by atoms with van der Waals surface area (Å²) in [5.41, 5.74) is 9.09. The fourth-order valence-corrected chi connectivity index (χ4v) is 2.62. The van der Waals surface area contributed by atoms with Crippen LogP contribution >= 0.6 is 34.8 Å². The number of hydrogen-bond acceptors (Lipinski definition) is 3. The second-order valence-corrected chi connectivity index (χ2v) is 6.70. The zero-order chi connectivity index (χ0) is 17.1. The Bertz CT molecular complexity index is 742. The van der Waals surface area contributed by atoms with Gasteiger partial charge in [0.2, 0.25) is 0 Å². The molecular formula is C17H18Cl3N3. The van der Waals surface area contributed by atoms with Gasteiger partial charge in [-0.05, 0) is 57.2 Å². The third-order valence-corrected chi connectivity index (χ3v) is 4.29. The number of hydrogen-bond donors (Lipinski definition) is 1. The molecule has 0 aliphatic heterocycles. The van der Waals surface area contributed by atoms with E-state index in [2.05, 4.69) is 0 Å². The Balaban J connectivity index is 2.45. The summed E-state index contributed by atoms with van der Waals surface area (Å²) >= 11 is 18.2. The van der Waals surface area contributed by atoms with Gasteiger partial charge in [-0.2, -0.15) is 5.10 Å². The molecular weight excluding hydrogens is 353 g/mol. The topological polar surface area (TPSA) is 41.6 Å². The van der Waals surface area contributed by atoms with Crippen molar-refractivity contribution in [3.05, 3.63) is 57.0 Å². The number of benzene rings is 2. The maximum absolute atomic E-state index is 6.12. The SMILES string of the molecule is C/C(=N\N(c1ccc(Cl)c(Cl)c1)C(C)C)c1cc(Cl)ccc1N. The van der Waals surface area contributed by atoms with E-state index < -0.39 is 0 Å². The van der Waals surface area contributed by atoms with Crippen LogP contribution in [-0.4, -0.2) is 11.8 Å². The Morgan fingerprint density at radius 2 is 1.74 bits per heavy atom. The number of nitrogens with zero attached hydrogens (tertiary/aromatic N) is 2. The van der Waals surface area contributed by atoms with Gasteiger partial charge in [0.15, 0.2) is 0 Å². The molecule has 0 saturated carbocycles. The van der Waals surface area contributed by atoms with Crippen LogP contribution in [0.25, 0.3) is 0 Å². The van der Waals surface area contributed by atoms with E-state index in [0.29, 0.717) is 20.8 Å². The number of anilines is 2. The molecule has 3 nitrogen and oxygen atoms in total. The van der Waals surface area contributed by atoms with E-state index in [1.54, 1.807) is 24.3 Å². The van der Waals surface area contributed by atoms with E-state index in [-0.39, 0.29) is 6.04 Å². The second kappa shape index (κ2) is 7.43. The number of rotatable bonds is 4. The largest absolute Gasteiger partial charge is 0.398 e. The van der Waals surface area contributed by atoms with Crippen LogP contribution in [0.5, 0.6) is 0 Å². The second-order valence-electron chi connectivity index (χ2n) is 5.45. The summed E-state index contributed by atoms with van der Waals surface area (Å²) in [7, 11) is 0. The maximum atomic E-state index is 6.12. The minimum atomic E-state index is 0.127. The van der Waals surface area contributed by atoms with Crippen LogP contribution in [0.2, 0.25) is 15.1 Å². The molecule has 6 heteroatoms. The van der Waals surface area contributed by atoms with Crippen molar-refractivity contribution in [2.45, 2.75) is 26.8 Å². The van der Waals surface area contributed by atoms with Crippen molar-refractivity contribution in [1.29, 1.82) is 0 Å². The third kappa shape index (κ3) is 4.31. The van der Waals surface area contributed by atoms with Crippen molar-refractivity contribution in [3.63, 3.8) is 0 Å². The number of nitrogens with two attached hydrogens (primary N) is 1. The molecule has 122 valence electrons. The highest BCUT2D eigenvalue weighted by molar-refractivity contribution is 6.42. The molecule has 0 bridgehead atoms. The predicted octanol–water partition coefficient (Wildman–Crippen LogP) is 5.87. The summed E-state index contributed by atoms with van der Waals surface area (Å²) in [5.74, 6) is 0. The fraction of sp³-hybridized carbons (Fsp3) is 0.235. The highest BCUT2D eigenvalue weighted by Gasteiger charge is 2.13. The lowest BCUT2D eigenvalue weighted by atomic mass is 10.1. The fourth-order valence-electron chi connectivity index (χ4n) is 2.16. The van der Waals surface area contributed by atoms with E-state index in [4.69, 9.17) is 45.6 Å². The van der Waals surface area contributed by atoms with Gasteiger partial charge >= 0.3 is 0 Å². The summed E-state index contributed by atoms with van der Waals surface area (Å²) in [6.45, 7) is 5.98. The summed E-state index contributed by atoms with van der Waals surface area (Å²) in [6.07, 6.45) is 0. The quantitative estimate of drug-likeness (QED) is 0.415. The first-order valence-electron chi connectivity index (χ1n) is 7.14. The number of nitrogen functional groups attached to an aromatic ring is 1. The Labute approximate surface area is 151 Å². The molecule has 2 aromatic carbocycles. The third-order valence-electron chi connectivity index (χ3n) is 3.32. The van der Waals surface area contributed by atoms with Gasteiger partial charge in [0.05, 0.1) is 21.4 Å². The summed E-state index contributed by atoms with van der Waals surface area (Å²) in [5, 5.41) is 8.20. The maximum Gasteiger partial charge on any atom is 0.0672 e. The average molecular weight is 371 g/mol. The van der Waals surface area contributed by atoms with Crippen LogP contribution in [0, 0.1) is 0 Å². The van der Waals surface area contributed by atoms with Gasteiger partial charge in [-0.15, -0.1) is 0 Å². The first kappa shape index (κ1) is 17.9. The van der Waals surface area contributed by atoms with Gasteiger partial charge in [0.1, 0.15) is 0 Å². The molecule has 0 radical (unpaired) electrons. The van der Waals surface area contributed by atoms with Crippen LogP contribution < -0.4 is 10.7 Å². The van der Waals surface area contributed by atoms with Gasteiger partial charge < -0.3 is 5.73 Å². The number of halogens is 3. The molecule has 0 aromatic heterocycles. The minimum absolute atomic E-state index is 0.127. The monoisotopic (exact) mass is 369 g/mol. The first-order valence-corrected chi connectivity index (χ1v) is 8.28. The lowest BCUT2D eigenvalue weighted by Gasteiger charge is -2.25. The summed E-state index contributed by atoms with van der Waals surface area (Å²) in [6, 6.07) is 10.9. The Morgan fingerprint density at radius 3 is 2.35 bits per heavy atom. The number of hydrazone groups is 1. The van der Waals surface area contributed by atoms with E-state index in [1.165, 1.54) is 0 Å². The lowest BCUT2D eigenvalue weighted by molar-refractivity contribution is 0.713. The predicted molar refractivity (Wildman–Crippen MR) is 102 cm³/mol. The average Bonchev–Trinajstić information content (AvgIpc) is 2.49. The summed E-state index contributed by atoms with van der Waals surface area (Å²) in [4.78, 5) is 0. The van der Waals surface area contributed by atoms with Crippen molar-refractivity contribution in [2.24, 2.45) is 5.10 Å². The molecule has 0 unspecified atom stereocenters. The van der Waals surface area contributed by atoms with Crippen LogP contribution in [0.3, 0.4) is 0 Å². The lowest BCUT2D eigenvalue weighted by Crippen LogP contribution is -2.26. The van der Waals surface area contributed by atoms with Crippen molar-refractivity contribution in [1.82, 2.24) is 0 Å². The van der Waals surface area contributed by atoms with Gasteiger partial charge in [-0.1, -0.05) is 34.8 Å². The van der Waals surface area contributed by atoms with Crippen LogP contribution in [0.1, 0.15) is 26.3 Å². The van der Waals surface area contributed by atoms with Gasteiger partial charge in [-0.25, -0.2) is 0 Å². The molecule has 2 aromatic rings. The van der Waals surface area contributed by atoms with Crippen molar-refractivity contribution < 1.29 is 0 Å². The molecule has 0 aliphatic rings. The molecule has 0 spiro atoms. The van der Waals surface area contributed by atoms with Crippen molar-refractivity contribution in [2.75, 3.05) is 10.7 Å². The van der Waals surface area contributed by atoms with E-state index in [0.717, 1.165) is 17.0 Å². The molecule has 0 aliphatic carbocycles. The molecule has 0 saturated heterocycles. The molecule has 0 heterocycles. The van der Waals surface area contributed by atoms with E-state index in [1.807, 2.05) is 37.9 Å². The zero-order valence-corrected chi connectivity index (χ0v) is 15.4. The van der Waals surface area contributed by atoms with Gasteiger partial charge in [-0.3, -0.25) is 5.01 Å². The molecule has 0 atom stereocenters. The van der Waals surface area contributed by atoms with Crippen molar-refractivity contribution in [3.8, 4) is 0 Å². The molecule has 0 fully saturated rings. The zero-order valence-electron chi connectivity index (χ0n) is 13.1. The Hall–Kier alpha value is -1.42.